The maximum atomic E-state index is 12.1. The topological polar surface area (TPSA) is 52.9 Å². The molecular formula is C13H22N2O. The van der Waals surface area contributed by atoms with Gasteiger partial charge in [0.25, 0.3) is 0 Å². The van der Waals surface area contributed by atoms with E-state index >= 15 is 0 Å². The van der Waals surface area contributed by atoms with E-state index in [1.165, 1.54) is 0 Å². The van der Waals surface area contributed by atoms with Crippen LogP contribution < -0.4 is 5.32 Å². The number of nitrogens with zero attached hydrogens (tertiary/aromatic N) is 1. The van der Waals surface area contributed by atoms with Gasteiger partial charge in [-0.25, -0.2) is 0 Å². The summed E-state index contributed by atoms with van der Waals surface area (Å²) in [5.41, 5.74) is 0.0844. The van der Waals surface area contributed by atoms with Gasteiger partial charge in [-0.1, -0.05) is 34.1 Å². The van der Waals surface area contributed by atoms with Crippen molar-refractivity contribution in [3.8, 4) is 6.07 Å². The third kappa shape index (κ3) is 2.75. The third-order valence-corrected chi connectivity index (χ3v) is 3.68. The second-order valence-electron chi connectivity index (χ2n) is 5.79. The summed E-state index contributed by atoms with van der Waals surface area (Å²) in [6, 6.07) is 1.79. The van der Waals surface area contributed by atoms with E-state index in [0.717, 1.165) is 19.3 Å². The Bertz CT molecular complexity index is 302. The average Bonchev–Trinajstić information content (AvgIpc) is 2.53. The maximum absolute atomic E-state index is 12.1. The number of nitriles is 1. The summed E-state index contributed by atoms with van der Waals surface area (Å²) in [7, 11) is 0. The molecule has 1 aliphatic carbocycles. The van der Waals surface area contributed by atoms with Gasteiger partial charge >= 0.3 is 0 Å². The summed E-state index contributed by atoms with van der Waals surface area (Å²) in [4.78, 5) is 12.1. The van der Waals surface area contributed by atoms with Crippen LogP contribution in [0.5, 0.6) is 0 Å². The summed E-state index contributed by atoms with van der Waals surface area (Å²) in [5, 5.41) is 11.8. The second-order valence-corrected chi connectivity index (χ2v) is 5.79. The van der Waals surface area contributed by atoms with Crippen molar-refractivity contribution < 1.29 is 4.79 Å². The first kappa shape index (κ1) is 13.0. The fraction of sp³-hybridized carbons (Fsp3) is 0.846. The standard InChI is InChI=1S/C13H22N2O/c1-9(2)11(8-14)15-12(16)10-6-5-7-13(10,3)4/h9-11H,5-7H2,1-4H3,(H,15,16). The molecule has 2 unspecified atom stereocenters. The number of hydrogen-bond acceptors (Lipinski definition) is 2. The first-order chi connectivity index (χ1) is 7.38. The molecule has 1 rings (SSSR count). The van der Waals surface area contributed by atoms with Gasteiger partial charge in [0, 0.05) is 5.92 Å². The van der Waals surface area contributed by atoms with Crippen molar-refractivity contribution in [3.05, 3.63) is 0 Å². The molecule has 1 fully saturated rings. The van der Waals surface area contributed by atoms with Gasteiger partial charge in [0.1, 0.15) is 6.04 Å². The van der Waals surface area contributed by atoms with Crippen LogP contribution >= 0.6 is 0 Å². The number of nitrogens with one attached hydrogen (secondary N) is 1. The Morgan fingerprint density at radius 2 is 2.12 bits per heavy atom. The van der Waals surface area contributed by atoms with Crippen molar-refractivity contribution in [1.29, 1.82) is 5.26 Å². The van der Waals surface area contributed by atoms with Crippen LogP contribution in [0.2, 0.25) is 0 Å². The smallest absolute Gasteiger partial charge is 0.224 e. The molecule has 0 bridgehead atoms. The van der Waals surface area contributed by atoms with Crippen molar-refractivity contribution in [3.63, 3.8) is 0 Å². The van der Waals surface area contributed by atoms with E-state index in [1.807, 2.05) is 13.8 Å². The number of carbonyl (C=O) groups excluding carboxylic acids is 1. The summed E-state index contributed by atoms with van der Waals surface area (Å²) >= 11 is 0. The van der Waals surface area contributed by atoms with E-state index in [0.29, 0.717) is 0 Å². The molecule has 16 heavy (non-hydrogen) atoms. The lowest BCUT2D eigenvalue weighted by Crippen LogP contribution is -2.43. The summed E-state index contributed by atoms with van der Waals surface area (Å²) in [6.07, 6.45) is 3.17. The number of carbonyl (C=O) groups is 1. The van der Waals surface area contributed by atoms with Gasteiger partial charge in [0.15, 0.2) is 0 Å². The zero-order valence-corrected chi connectivity index (χ0v) is 10.7. The lowest BCUT2D eigenvalue weighted by atomic mass is 9.81. The van der Waals surface area contributed by atoms with Gasteiger partial charge in [0.05, 0.1) is 6.07 Å². The minimum Gasteiger partial charge on any atom is -0.340 e. The van der Waals surface area contributed by atoms with E-state index < -0.39 is 0 Å². The van der Waals surface area contributed by atoms with Gasteiger partial charge in [0.2, 0.25) is 5.91 Å². The van der Waals surface area contributed by atoms with E-state index in [1.54, 1.807) is 0 Å². The first-order valence-electron chi connectivity index (χ1n) is 6.08. The predicted molar refractivity (Wildman–Crippen MR) is 63.5 cm³/mol. The monoisotopic (exact) mass is 222 g/mol. The molecule has 3 heteroatoms. The fourth-order valence-corrected chi connectivity index (χ4v) is 2.41. The van der Waals surface area contributed by atoms with Crippen LogP contribution in [0, 0.1) is 28.6 Å². The SMILES string of the molecule is CC(C)C(C#N)NC(=O)C1CCCC1(C)C. The van der Waals surface area contributed by atoms with Crippen LogP contribution in [0.3, 0.4) is 0 Å². The molecule has 3 nitrogen and oxygen atoms in total. The highest BCUT2D eigenvalue weighted by molar-refractivity contribution is 5.80. The molecule has 0 spiro atoms. The number of hydrogen-bond donors (Lipinski definition) is 1. The Kier molecular flexibility index (Phi) is 3.96. The predicted octanol–water partition coefficient (Wildman–Crippen LogP) is 2.48. The molecule has 1 N–H and O–H groups in total. The minimum absolute atomic E-state index is 0.0581. The van der Waals surface area contributed by atoms with Gasteiger partial charge in [-0.2, -0.15) is 5.26 Å². The third-order valence-electron chi connectivity index (χ3n) is 3.68. The van der Waals surface area contributed by atoms with Crippen molar-refractivity contribution in [2.24, 2.45) is 17.3 Å². The average molecular weight is 222 g/mol. The van der Waals surface area contributed by atoms with Gasteiger partial charge in [-0.3, -0.25) is 4.79 Å². The Labute approximate surface area is 98.2 Å². The molecule has 0 aromatic heterocycles. The summed E-state index contributed by atoms with van der Waals surface area (Å²) in [6.45, 7) is 8.18. The normalized spacial score (nSPS) is 25.1. The molecule has 0 radical (unpaired) electrons. The molecule has 2 atom stereocenters. The molecule has 0 aliphatic heterocycles. The molecule has 90 valence electrons. The Balaban J connectivity index is 2.62. The minimum atomic E-state index is -0.358. The zero-order valence-electron chi connectivity index (χ0n) is 10.7. The zero-order chi connectivity index (χ0) is 12.3. The van der Waals surface area contributed by atoms with E-state index in [9.17, 15) is 4.79 Å². The molecule has 0 aromatic carbocycles. The lowest BCUT2D eigenvalue weighted by Gasteiger charge is -2.27. The molecule has 1 amide bonds. The Morgan fingerprint density at radius 3 is 2.50 bits per heavy atom. The second kappa shape index (κ2) is 4.86. The van der Waals surface area contributed by atoms with Crippen molar-refractivity contribution in [1.82, 2.24) is 5.32 Å². The van der Waals surface area contributed by atoms with Crippen LogP contribution in [0.4, 0.5) is 0 Å². The summed E-state index contributed by atoms with van der Waals surface area (Å²) < 4.78 is 0. The number of amides is 1. The van der Waals surface area contributed by atoms with Crippen molar-refractivity contribution >= 4 is 5.91 Å². The molecule has 0 aromatic rings. The Hall–Kier alpha value is -1.04. The lowest BCUT2D eigenvalue weighted by molar-refractivity contribution is -0.128. The molecular weight excluding hydrogens is 200 g/mol. The van der Waals surface area contributed by atoms with Crippen LogP contribution in [-0.2, 0) is 4.79 Å². The fourth-order valence-electron chi connectivity index (χ4n) is 2.41. The molecule has 1 aliphatic rings. The van der Waals surface area contributed by atoms with Crippen molar-refractivity contribution in [2.75, 3.05) is 0 Å². The van der Waals surface area contributed by atoms with E-state index in [2.05, 4.69) is 25.2 Å². The van der Waals surface area contributed by atoms with Crippen LogP contribution in [-0.4, -0.2) is 11.9 Å². The van der Waals surface area contributed by atoms with Crippen LogP contribution in [0.1, 0.15) is 47.0 Å². The first-order valence-corrected chi connectivity index (χ1v) is 6.08. The maximum Gasteiger partial charge on any atom is 0.224 e. The van der Waals surface area contributed by atoms with E-state index in [-0.39, 0.29) is 29.2 Å². The van der Waals surface area contributed by atoms with Crippen LogP contribution in [0.15, 0.2) is 0 Å². The van der Waals surface area contributed by atoms with Gasteiger partial charge in [-0.05, 0) is 24.2 Å². The molecule has 0 heterocycles. The molecule has 0 saturated heterocycles. The summed E-state index contributed by atoms with van der Waals surface area (Å²) in [5.74, 6) is 0.295. The van der Waals surface area contributed by atoms with Crippen LogP contribution in [0.25, 0.3) is 0 Å². The highest BCUT2D eigenvalue weighted by Crippen LogP contribution is 2.42. The molecule has 1 saturated carbocycles. The van der Waals surface area contributed by atoms with Gasteiger partial charge < -0.3 is 5.32 Å². The van der Waals surface area contributed by atoms with E-state index in [4.69, 9.17) is 5.26 Å². The highest BCUT2D eigenvalue weighted by atomic mass is 16.2. The number of rotatable bonds is 3. The largest absolute Gasteiger partial charge is 0.340 e. The van der Waals surface area contributed by atoms with Gasteiger partial charge in [-0.15, -0.1) is 0 Å². The van der Waals surface area contributed by atoms with Crippen molar-refractivity contribution in [2.45, 2.75) is 53.0 Å². The quantitative estimate of drug-likeness (QED) is 0.797. The highest BCUT2D eigenvalue weighted by Gasteiger charge is 2.39. The Morgan fingerprint density at radius 1 is 1.50 bits per heavy atom.